The number of hydrogen-bond acceptors (Lipinski definition) is 2. The third-order valence-electron chi connectivity index (χ3n) is 2.80. The van der Waals surface area contributed by atoms with Gasteiger partial charge in [0.15, 0.2) is 5.96 Å². The minimum absolute atomic E-state index is 0. The Kier molecular flexibility index (Phi) is 11.6. The Hall–Kier alpha value is -0.720. The van der Waals surface area contributed by atoms with Crippen LogP contribution in [0.1, 0.15) is 39.4 Å². The normalized spacial score (nSPS) is 11.3. The standard InChI is InChI=1S/C15H27N3O.HI/c1-4-16-15(17-10-5-7-13(2)3)18-11-9-14-8-6-12-19-14;/h6,8,12-13H,4-5,7,9-11H2,1-3H3,(H2,16,17,18);1H. The number of nitrogens with one attached hydrogen (secondary N) is 2. The fourth-order valence-corrected chi connectivity index (χ4v) is 1.79. The second-order valence-electron chi connectivity index (χ2n) is 5.05. The number of nitrogens with zero attached hydrogens (tertiary/aromatic N) is 1. The van der Waals surface area contributed by atoms with Gasteiger partial charge in [0.25, 0.3) is 0 Å². The van der Waals surface area contributed by atoms with Crippen LogP contribution >= 0.6 is 24.0 Å². The van der Waals surface area contributed by atoms with Crippen LogP contribution in [0.15, 0.2) is 27.8 Å². The minimum atomic E-state index is 0. The van der Waals surface area contributed by atoms with Gasteiger partial charge in [-0.15, -0.1) is 24.0 Å². The van der Waals surface area contributed by atoms with Crippen LogP contribution in [-0.4, -0.2) is 25.6 Å². The van der Waals surface area contributed by atoms with Crippen LogP contribution in [-0.2, 0) is 6.42 Å². The van der Waals surface area contributed by atoms with Crippen molar-refractivity contribution in [3.8, 4) is 0 Å². The van der Waals surface area contributed by atoms with E-state index >= 15 is 0 Å². The van der Waals surface area contributed by atoms with Crippen molar-refractivity contribution in [1.82, 2.24) is 10.6 Å². The second kappa shape index (κ2) is 12.1. The summed E-state index contributed by atoms with van der Waals surface area (Å²) in [5.74, 6) is 2.66. The van der Waals surface area contributed by atoms with E-state index in [1.54, 1.807) is 6.26 Å². The first-order chi connectivity index (χ1) is 9.22. The predicted molar refractivity (Wildman–Crippen MR) is 95.9 cm³/mol. The zero-order chi connectivity index (χ0) is 13.9. The van der Waals surface area contributed by atoms with Gasteiger partial charge in [-0.2, -0.15) is 0 Å². The summed E-state index contributed by atoms with van der Waals surface area (Å²) in [6.45, 7) is 9.18. The molecule has 0 atom stereocenters. The summed E-state index contributed by atoms with van der Waals surface area (Å²) in [5, 5.41) is 6.59. The van der Waals surface area contributed by atoms with Gasteiger partial charge in [0, 0.05) is 26.1 Å². The Morgan fingerprint density at radius 2 is 2.15 bits per heavy atom. The molecule has 0 aliphatic carbocycles. The Morgan fingerprint density at radius 3 is 2.75 bits per heavy atom. The molecule has 0 aromatic carbocycles. The van der Waals surface area contributed by atoms with E-state index in [1.165, 1.54) is 6.42 Å². The number of halogens is 1. The highest BCUT2D eigenvalue weighted by molar-refractivity contribution is 14.0. The number of aliphatic imine (C=N–C) groups is 1. The molecule has 5 heteroatoms. The molecule has 20 heavy (non-hydrogen) atoms. The van der Waals surface area contributed by atoms with Gasteiger partial charge in [-0.05, 0) is 37.8 Å². The molecule has 0 spiro atoms. The van der Waals surface area contributed by atoms with Crippen LogP contribution in [0.25, 0.3) is 0 Å². The first-order valence-corrected chi connectivity index (χ1v) is 7.27. The molecular formula is C15H28IN3O. The Bertz CT molecular complexity index is 350. The number of rotatable bonds is 8. The molecule has 0 aliphatic rings. The number of hydrogen-bond donors (Lipinski definition) is 2. The molecule has 0 fully saturated rings. The van der Waals surface area contributed by atoms with Crippen LogP contribution in [0.3, 0.4) is 0 Å². The lowest BCUT2D eigenvalue weighted by molar-refractivity contribution is 0.506. The van der Waals surface area contributed by atoms with E-state index in [0.29, 0.717) is 0 Å². The van der Waals surface area contributed by atoms with E-state index in [9.17, 15) is 0 Å². The molecule has 0 unspecified atom stereocenters. The van der Waals surface area contributed by atoms with Crippen LogP contribution in [0.5, 0.6) is 0 Å². The predicted octanol–water partition coefficient (Wildman–Crippen LogP) is 3.43. The van der Waals surface area contributed by atoms with Gasteiger partial charge in [-0.1, -0.05) is 13.8 Å². The third kappa shape index (κ3) is 9.23. The fraction of sp³-hybridized carbons (Fsp3) is 0.667. The monoisotopic (exact) mass is 393 g/mol. The molecule has 0 amide bonds. The van der Waals surface area contributed by atoms with Crippen molar-refractivity contribution >= 4 is 29.9 Å². The minimum Gasteiger partial charge on any atom is -0.469 e. The number of guanidine groups is 1. The van der Waals surface area contributed by atoms with Crippen molar-refractivity contribution in [3.05, 3.63) is 24.2 Å². The molecule has 2 N–H and O–H groups in total. The summed E-state index contributed by atoms with van der Waals surface area (Å²) in [6.07, 6.45) is 4.96. The molecule has 0 bridgehead atoms. The summed E-state index contributed by atoms with van der Waals surface area (Å²) >= 11 is 0. The van der Waals surface area contributed by atoms with Gasteiger partial charge in [0.05, 0.1) is 6.26 Å². The van der Waals surface area contributed by atoms with Crippen molar-refractivity contribution in [2.24, 2.45) is 10.9 Å². The van der Waals surface area contributed by atoms with Gasteiger partial charge in [0.2, 0.25) is 0 Å². The Morgan fingerprint density at radius 1 is 1.35 bits per heavy atom. The zero-order valence-electron chi connectivity index (χ0n) is 12.8. The molecule has 1 aromatic rings. The molecule has 1 rings (SSSR count). The average molecular weight is 393 g/mol. The van der Waals surface area contributed by atoms with Crippen LogP contribution in [0.2, 0.25) is 0 Å². The van der Waals surface area contributed by atoms with Gasteiger partial charge >= 0.3 is 0 Å². The smallest absolute Gasteiger partial charge is 0.191 e. The SMILES string of the molecule is CCNC(=NCCCC(C)C)NCCc1ccco1.I. The zero-order valence-corrected chi connectivity index (χ0v) is 15.1. The summed E-state index contributed by atoms with van der Waals surface area (Å²) in [7, 11) is 0. The topological polar surface area (TPSA) is 49.6 Å². The summed E-state index contributed by atoms with van der Waals surface area (Å²) < 4.78 is 5.30. The van der Waals surface area contributed by atoms with Crippen molar-refractivity contribution in [1.29, 1.82) is 0 Å². The molecule has 0 aliphatic heterocycles. The molecular weight excluding hydrogens is 365 g/mol. The van der Waals surface area contributed by atoms with E-state index in [4.69, 9.17) is 4.42 Å². The van der Waals surface area contributed by atoms with Crippen molar-refractivity contribution < 1.29 is 4.42 Å². The molecule has 0 radical (unpaired) electrons. The van der Waals surface area contributed by atoms with Crippen molar-refractivity contribution in [2.75, 3.05) is 19.6 Å². The first kappa shape index (κ1) is 19.3. The molecule has 0 saturated heterocycles. The van der Waals surface area contributed by atoms with Gasteiger partial charge in [-0.3, -0.25) is 4.99 Å². The van der Waals surface area contributed by atoms with E-state index in [-0.39, 0.29) is 24.0 Å². The Labute approximate surface area is 139 Å². The Balaban J connectivity index is 0.00000361. The average Bonchev–Trinajstić information content (AvgIpc) is 2.87. The highest BCUT2D eigenvalue weighted by Gasteiger charge is 1.99. The lowest BCUT2D eigenvalue weighted by atomic mass is 10.1. The van der Waals surface area contributed by atoms with Crippen LogP contribution < -0.4 is 10.6 Å². The second-order valence-corrected chi connectivity index (χ2v) is 5.05. The maximum atomic E-state index is 5.30. The quantitative estimate of drug-likeness (QED) is 0.308. The van der Waals surface area contributed by atoms with E-state index in [0.717, 1.165) is 50.1 Å². The fourth-order valence-electron chi connectivity index (χ4n) is 1.79. The molecule has 0 saturated carbocycles. The van der Waals surface area contributed by atoms with Crippen LogP contribution in [0.4, 0.5) is 0 Å². The van der Waals surface area contributed by atoms with Gasteiger partial charge < -0.3 is 15.1 Å². The van der Waals surface area contributed by atoms with E-state index in [2.05, 4.69) is 36.4 Å². The summed E-state index contributed by atoms with van der Waals surface area (Å²) in [6, 6.07) is 3.91. The number of furan rings is 1. The molecule has 116 valence electrons. The summed E-state index contributed by atoms with van der Waals surface area (Å²) in [5.41, 5.74) is 0. The molecule has 4 nitrogen and oxygen atoms in total. The lowest BCUT2D eigenvalue weighted by Crippen LogP contribution is -2.38. The van der Waals surface area contributed by atoms with Crippen molar-refractivity contribution in [2.45, 2.75) is 40.0 Å². The van der Waals surface area contributed by atoms with E-state index in [1.807, 2.05) is 12.1 Å². The maximum Gasteiger partial charge on any atom is 0.191 e. The summed E-state index contributed by atoms with van der Waals surface area (Å²) in [4.78, 5) is 4.57. The first-order valence-electron chi connectivity index (χ1n) is 7.27. The molecule has 1 heterocycles. The maximum absolute atomic E-state index is 5.30. The third-order valence-corrected chi connectivity index (χ3v) is 2.80. The van der Waals surface area contributed by atoms with E-state index < -0.39 is 0 Å². The van der Waals surface area contributed by atoms with Gasteiger partial charge in [-0.25, -0.2) is 0 Å². The van der Waals surface area contributed by atoms with Gasteiger partial charge in [0.1, 0.15) is 5.76 Å². The lowest BCUT2D eigenvalue weighted by Gasteiger charge is -2.10. The highest BCUT2D eigenvalue weighted by Crippen LogP contribution is 2.03. The molecule has 1 aromatic heterocycles. The highest BCUT2D eigenvalue weighted by atomic mass is 127. The van der Waals surface area contributed by atoms with Crippen LogP contribution in [0, 0.1) is 5.92 Å². The largest absolute Gasteiger partial charge is 0.469 e. The van der Waals surface area contributed by atoms with Crippen molar-refractivity contribution in [3.63, 3.8) is 0 Å².